The van der Waals surface area contributed by atoms with Crippen molar-refractivity contribution < 1.29 is 14.6 Å². The van der Waals surface area contributed by atoms with Crippen molar-refractivity contribution in [3.8, 4) is 0 Å². The van der Waals surface area contributed by atoms with E-state index in [0.29, 0.717) is 37.0 Å². The maximum atomic E-state index is 14.0. The highest BCUT2D eigenvalue weighted by molar-refractivity contribution is 6.30. The monoisotopic (exact) mass is 496 g/mol. The minimum Gasteiger partial charge on any atom is -0.377 e. The maximum Gasteiger partial charge on any atom is 0.232 e. The molecule has 0 bridgehead atoms. The predicted molar refractivity (Wildman–Crippen MR) is 132 cm³/mol. The Hall–Kier alpha value is -2.72. The highest BCUT2D eigenvalue weighted by atomic mass is 35.5. The summed E-state index contributed by atoms with van der Waals surface area (Å²) in [5.41, 5.74) is 1.32. The molecule has 3 aromatic rings. The van der Waals surface area contributed by atoms with Crippen molar-refractivity contribution in [3.05, 3.63) is 53.4 Å². The molecule has 9 nitrogen and oxygen atoms in total. The van der Waals surface area contributed by atoms with Crippen LogP contribution in [0.4, 0.5) is 5.82 Å². The summed E-state index contributed by atoms with van der Waals surface area (Å²) in [7, 11) is 0. The highest BCUT2D eigenvalue weighted by Gasteiger charge is 2.75. The first-order valence-electron chi connectivity index (χ1n) is 12.0. The van der Waals surface area contributed by atoms with Gasteiger partial charge in [0.1, 0.15) is 30.1 Å². The fourth-order valence-electron chi connectivity index (χ4n) is 5.99. The molecule has 3 fully saturated rings. The summed E-state index contributed by atoms with van der Waals surface area (Å²) in [6.45, 7) is 6.28. The topological polar surface area (TPSA) is 95.8 Å². The average Bonchev–Trinajstić information content (AvgIpc) is 3.46. The number of rotatable bonds is 7. The third-order valence-electron chi connectivity index (χ3n) is 7.79. The van der Waals surface area contributed by atoms with Crippen LogP contribution in [0.3, 0.4) is 0 Å². The number of carbonyl (C=O) groups excluding carboxylic acids is 1. The highest BCUT2D eigenvalue weighted by Crippen LogP contribution is 2.55. The minimum absolute atomic E-state index is 0.0321. The second-order valence-corrected chi connectivity index (χ2v) is 10.4. The Kier molecular flexibility index (Phi) is 5.48. The van der Waals surface area contributed by atoms with E-state index in [1.165, 1.54) is 6.33 Å². The lowest BCUT2D eigenvalue weighted by Gasteiger charge is -2.72. The van der Waals surface area contributed by atoms with Crippen LogP contribution < -0.4 is 10.2 Å². The van der Waals surface area contributed by atoms with Crippen molar-refractivity contribution in [2.45, 2.75) is 50.2 Å². The van der Waals surface area contributed by atoms with Gasteiger partial charge in [0.25, 0.3) is 0 Å². The Morgan fingerprint density at radius 1 is 1.26 bits per heavy atom. The molecule has 1 spiro atoms. The van der Waals surface area contributed by atoms with Crippen molar-refractivity contribution in [1.29, 1.82) is 0 Å². The standard InChI is InChI=1S/C25H29ClN6O3/c1-15(2)27-9-19(16-3-5-17(26)6-4-16)24(34)31-10-20-25(31)12-35-11-21(25)32(20)23-18-7-8-30(14-33)22(18)28-13-29-23/h3-8,13,15,19-21,27,33H,9-12,14H2,1-2H3/t19-,20?,21?,25?/m1/s1. The third-order valence-corrected chi connectivity index (χ3v) is 8.04. The molecule has 3 unspecified atom stereocenters. The molecule has 35 heavy (non-hydrogen) atoms. The zero-order valence-electron chi connectivity index (χ0n) is 19.8. The van der Waals surface area contributed by atoms with Crippen molar-refractivity contribution in [1.82, 2.24) is 24.8 Å². The van der Waals surface area contributed by atoms with E-state index in [1.807, 2.05) is 41.4 Å². The number of anilines is 1. The molecule has 3 saturated heterocycles. The molecule has 3 aliphatic heterocycles. The smallest absolute Gasteiger partial charge is 0.232 e. The van der Waals surface area contributed by atoms with Gasteiger partial charge < -0.3 is 29.5 Å². The van der Waals surface area contributed by atoms with Gasteiger partial charge in [-0.1, -0.05) is 37.6 Å². The molecule has 1 amide bonds. The Morgan fingerprint density at radius 2 is 2.06 bits per heavy atom. The van der Waals surface area contributed by atoms with Crippen LogP contribution in [0.2, 0.25) is 5.02 Å². The molecular weight excluding hydrogens is 468 g/mol. The molecule has 4 atom stereocenters. The zero-order valence-corrected chi connectivity index (χ0v) is 20.5. The van der Waals surface area contributed by atoms with E-state index in [4.69, 9.17) is 16.3 Å². The van der Waals surface area contributed by atoms with Gasteiger partial charge in [0.2, 0.25) is 5.91 Å². The number of halogens is 1. The first-order valence-corrected chi connectivity index (χ1v) is 12.4. The van der Waals surface area contributed by atoms with Crippen LogP contribution in [-0.2, 0) is 16.3 Å². The van der Waals surface area contributed by atoms with Crippen LogP contribution in [0.5, 0.6) is 0 Å². The van der Waals surface area contributed by atoms with E-state index >= 15 is 0 Å². The molecule has 10 heteroatoms. The van der Waals surface area contributed by atoms with Crippen LogP contribution in [0.1, 0.15) is 25.3 Å². The summed E-state index contributed by atoms with van der Waals surface area (Å²) >= 11 is 6.12. The molecule has 2 aromatic heterocycles. The number of aliphatic hydroxyl groups is 1. The molecule has 5 heterocycles. The Morgan fingerprint density at radius 3 is 2.80 bits per heavy atom. The predicted octanol–water partition coefficient (Wildman–Crippen LogP) is 1.98. The van der Waals surface area contributed by atoms with Crippen molar-refractivity contribution in [3.63, 3.8) is 0 Å². The fourth-order valence-corrected chi connectivity index (χ4v) is 6.12. The van der Waals surface area contributed by atoms with E-state index in [-0.39, 0.29) is 42.2 Å². The number of nitrogens with zero attached hydrogens (tertiary/aromatic N) is 5. The number of benzene rings is 1. The second kappa shape index (κ2) is 8.44. The first kappa shape index (κ1) is 22.7. The number of aliphatic hydroxyl groups excluding tert-OH is 1. The third kappa shape index (κ3) is 3.29. The number of nitrogens with one attached hydrogen (secondary N) is 1. The van der Waals surface area contributed by atoms with Gasteiger partial charge in [-0.15, -0.1) is 0 Å². The number of hydrogen-bond acceptors (Lipinski definition) is 7. The summed E-state index contributed by atoms with van der Waals surface area (Å²) < 4.78 is 7.66. The Balaban J connectivity index is 1.29. The van der Waals surface area contributed by atoms with Gasteiger partial charge in [-0.25, -0.2) is 9.97 Å². The molecule has 2 N–H and O–H groups in total. The van der Waals surface area contributed by atoms with Crippen LogP contribution in [-0.4, -0.2) is 80.4 Å². The summed E-state index contributed by atoms with van der Waals surface area (Å²) in [6.07, 6.45) is 3.35. The first-order chi connectivity index (χ1) is 17.0. The minimum atomic E-state index is -0.337. The van der Waals surface area contributed by atoms with E-state index in [9.17, 15) is 9.90 Å². The van der Waals surface area contributed by atoms with Crippen molar-refractivity contribution in [2.24, 2.45) is 0 Å². The van der Waals surface area contributed by atoms with Gasteiger partial charge in [-0.05, 0) is 23.8 Å². The number of ether oxygens (including phenoxy) is 1. The number of likely N-dealkylation sites (tertiary alicyclic amines) is 1. The second-order valence-electron chi connectivity index (χ2n) is 9.92. The maximum absolute atomic E-state index is 14.0. The number of aromatic nitrogens is 3. The van der Waals surface area contributed by atoms with Crippen molar-refractivity contribution >= 4 is 34.4 Å². The summed E-state index contributed by atoms with van der Waals surface area (Å²) in [6, 6.07) is 9.95. The van der Waals surface area contributed by atoms with Gasteiger partial charge in [0.05, 0.1) is 36.6 Å². The lowest BCUT2D eigenvalue weighted by molar-refractivity contribution is -0.164. The lowest BCUT2D eigenvalue weighted by atomic mass is 9.65. The normalized spacial score (nSPS) is 25.9. The lowest BCUT2D eigenvalue weighted by Crippen LogP contribution is -2.93. The van der Waals surface area contributed by atoms with Crippen LogP contribution in [0.15, 0.2) is 42.9 Å². The quantitative estimate of drug-likeness (QED) is 0.516. The molecule has 184 valence electrons. The number of fused-ring (bicyclic) bond motifs is 1. The molecule has 1 aromatic carbocycles. The van der Waals surface area contributed by atoms with E-state index in [0.717, 1.165) is 16.8 Å². The van der Waals surface area contributed by atoms with Gasteiger partial charge in [0, 0.05) is 30.4 Å². The van der Waals surface area contributed by atoms with Gasteiger partial charge in [0.15, 0.2) is 0 Å². The van der Waals surface area contributed by atoms with Crippen LogP contribution >= 0.6 is 11.6 Å². The molecule has 0 saturated carbocycles. The Bertz CT molecular complexity index is 1260. The van der Waals surface area contributed by atoms with Gasteiger partial charge >= 0.3 is 0 Å². The summed E-state index contributed by atoms with van der Waals surface area (Å²) in [5.74, 6) is 0.650. The van der Waals surface area contributed by atoms with Gasteiger partial charge in [-0.3, -0.25) is 4.79 Å². The van der Waals surface area contributed by atoms with E-state index in [1.54, 1.807) is 4.57 Å². The van der Waals surface area contributed by atoms with E-state index < -0.39 is 0 Å². The molecule has 0 aliphatic carbocycles. The summed E-state index contributed by atoms with van der Waals surface area (Å²) in [5, 5.41) is 14.6. The molecule has 0 radical (unpaired) electrons. The summed E-state index contributed by atoms with van der Waals surface area (Å²) in [4.78, 5) is 27.2. The number of amides is 1. The SMILES string of the molecule is CC(C)NC[C@@H](C(=O)N1CC2N(c3ncnc4c3ccn4CO)C3COCC321)c1ccc(Cl)cc1. The number of piperazine rings is 1. The molecule has 6 rings (SSSR count). The number of carbonyl (C=O) groups is 1. The zero-order chi connectivity index (χ0) is 24.3. The largest absolute Gasteiger partial charge is 0.377 e. The fraction of sp³-hybridized carbons (Fsp3) is 0.480. The molecular formula is C25H29ClN6O3. The van der Waals surface area contributed by atoms with Crippen LogP contribution in [0.25, 0.3) is 11.0 Å². The molecule has 3 aliphatic rings. The average molecular weight is 497 g/mol. The Labute approximate surface area is 208 Å². The number of hydrogen-bond donors (Lipinski definition) is 2. The van der Waals surface area contributed by atoms with Crippen molar-refractivity contribution in [2.75, 3.05) is 31.2 Å². The van der Waals surface area contributed by atoms with Crippen LogP contribution in [0, 0.1) is 0 Å². The van der Waals surface area contributed by atoms with Gasteiger partial charge in [-0.2, -0.15) is 0 Å². The van der Waals surface area contributed by atoms with E-state index in [2.05, 4.69) is 34.0 Å².